The number of aliphatic hydroxyl groups excluding tert-OH is 1. The van der Waals surface area contributed by atoms with Crippen LogP contribution in [-0.2, 0) is 0 Å². The summed E-state index contributed by atoms with van der Waals surface area (Å²) in [6, 6.07) is 11.6. The Morgan fingerprint density at radius 2 is 1.88 bits per heavy atom. The standard InChI is InChI=1S/C20H20ClN3O2/c21-19-8-1-14(12-23-19)24-20-18-7-6-17(11-13(18)9-10-22-20)26-16-4-2-15(25)3-5-16/h1,6-12,15-16,25H,2-5H2,(H,22,24)/t15-,16+. The van der Waals surface area contributed by atoms with E-state index in [1.165, 1.54) is 0 Å². The van der Waals surface area contributed by atoms with Crippen LogP contribution < -0.4 is 10.1 Å². The third-order valence-corrected chi connectivity index (χ3v) is 4.90. The minimum atomic E-state index is -0.173. The highest BCUT2D eigenvalue weighted by Crippen LogP contribution is 2.30. The number of nitrogens with zero attached hydrogens (tertiary/aromatic N) is 2. The molecule has 1 aliphatic rings. The quantitative estimate of drug-likeness (QED) is 0.652. The van der Waals surface area contributed by atoms with Crippen molar-refractivity contribution in [3.8, 4) is 5.75 Å². The van der Waals surface area contributed by atoms with Gasteiger partial charge in [-0.25, -0.2) is 9.97 Å². The summed E-state index contributed by atoms with van der Waals surface area (Å²) in [4.78, 5) is 8.51. The maximum absolute atomic E-state index is 9.62. The molecule has 1 fully saturated rings. The van der Waals surface area contributed by atoms with Gasteiger partial charge in [-0.1, -0.05) is 11.6 Å². The summed E-state index contributed by atoms with van der Waals surface area (Å²) in [5, 5.41) is 15.4. The van der Waals surface area contributed by atoms with Gasteiger partial charge in [0, 0.05) is 11.6 Å². The number of fused-ring (bicyclic) bond motifs is 1. The monoisotopic (exact) mass is 369 g/mol. The molecule has 2 aromatic heterocycles. The van der Waals surface area contributed by atoms with E-state index in [0.29, 0.717) is 5.15 Å². The fourth-order valence-corrected chi connectivity index (χ4v) is 3.38. The van der Waals surface area contributed by atoms with Crippen LogP contribution in [0.25, 0.3) is 10.8 Å². The molecule has 4 rings (SSSR count). The average molecular weight is 370 g/mol. The van der Waals surface area contributed by atoms with E-state index in [-0.39, 0.29) is 12.2 Å². The second kappa shape index (κ2) is 7.48. The first kappa shape index (κ1) is 17.1. The Morgan fingerprint density at radius 1 is 1.04 bits per heavy atom. The van der Waals surface area contributed by atoms with E-state index in [4.69, 9.17) is 16.3 Å². The highest BCUT2D eigenvalue weighted by molar-refractivity contribution is 6.29. The van der Waals surface area contributed by atoms with Crippen molar-refractivity contribution in [3.05, 3.63) is 53.9 Å². The van der Waals surface area contributed by atoms with E-state index in [1.807, 2.05) is 30.3 Å². The van der Waals surface area contributed by atoms with Crippen LogP contribution in [0.3, 0.4) is 0 Å². The number of benzene rings is 1. The van der Waals surface area contributed by atoms with Crippen LogP contribution in [0.5, 0.6) is 5.75 Å². The number of hydrogen-bond donors (Lipinski definition) is 2. The molecule has 0 unspecified atom stereocenters. The summed E-state index contributed by atoms with van der Waals surface area (Å²) in [5.74, 6) is 1.61. The molecule has 6 heteroatoms. The molecule has 0 atom stereocenters. The van der Waals surface area contributed by atoms with Crippen LogP contribution in [0.1, 0.15) is 25.7 Å². The van der Waals surface area contributed by atoms with Gasteiger partial charge in [-0.3, -0.25) is 0 Å². The van der Waals surface area contributed by atoms with E-state index in [2.05, 4.69) is 15.3 Å². The Labute approximate surface area is 157 Å². The van der Waals surface area contributed by atoms with Gasteiger partial charge in [0.2, 0.25) is 0 Å². The zero-order chi connectivity index (χ0) is 17.9. The Hall–Kier alpha value is -2.37. The molecular formula is C20H20ClN3O2. The average Bonchev–Trinajstić information content (AvgIpc) is 2.65. The summed E-state index contributed by atoms with van der Waals surface area (Å²) in [5.41, 5.74) is 0.829. The van der Waals surface area contributed by atoms with Crippen molar-refractivity contribution in [3.63, 3.8) is 0 Å². The number of rotatable bonds is 4. The molecule has 0 spiro atoms. The van der Waals surface area contributed by atoms with Crippen LogP contribution in [-0.4, -0.2) is 27.3 Å². The molecule has 1 aromatic carbocycles. The minimum absolute atomic E-state index is 0.173. The first-order valence-electron chi connectivity index (χ1n) is 8.79. The lowest BCUT2D eigenvalue weighted by Gasteiger charge is -2.26. The fourth-order valence-electron chi connectivity index (χ4n) is 3.27. The molecule has 2 heterocycles. The number of ether oxygens (including phenoxy) is 1. The zero-order valence-corrected chi connectivity index (χ0v) is 15.0. The summed E-state index contributed by atoms with van der Waals surface area (Å²) in [6.07, 6.45) is 6.87. The van der Waals surface area contributed by atoms with Crippen LogP contribution in [0.15, 0.2) is 48.8 Å². The van der Waals surface area contributed by atoms with E-state index in [1.54, 1.807) is 18.5 Å². The van der Waals surface area contributed by atoms with E-state index < -0.39 is 0 Å². The molecule has 3 aromatic rings. The number of nitrogens with one attached hydrogen (secondary N) is 1. The molecule has 5 nitrogen and oxygen atoms in total. The molecule has 134 valence electrons. The number of anilines is 2. The van der Waals surface area contributed by atoms with Gasteiger partial charge in [0.25, 0.3) is 0 Å². The first-order chi connectivity index (χ1) is 12.7. The van der Waals surface area contributed by atoms with Crippen LogP contribution in [0, 0.1) is 0 Å². The third kappa shape index (κ3) is 3.89. The SMILES string of the molecule is O[C@H]1CC[C@@H](Oc2ccc3c(Nc4ccc(Cl)nc4)nccc3c2)CC1. The van der Waals surface area contributed by atoms with Gasteiger partial charge in [-0.05, 0) is 67.5 Å². The van der Waals surface area contributed by atoms with E-state index in [0.717, 1.165) is 53.7 Å². The minimum Gasteiger partial charge on any atom is -0.490 e. The number of halogens is 1. The van der Waals surface area contributed by atoms with E-state index >= 15 is 0 Å². The van der Waals surface area contributed by atoms with Crippen LogP contribution in [0.4, 0.5) is 11.5 Å². The lowest BCUT2D eigenvalue weighted by Crippen LogP contribution is -2.26. The summed E-state index contributed by atoms with van der Waals surface area (Å²) >= 11 is 5.83. The second-order valence-corrected chi connectivity index (χ2v) is 6.97. The van der Waals surface area contributed by atoms with Crippen LogP contribution in [0.2, 0.25) is 5.15 Å². The molecular weight excluding hydrogens is 350 g/mol. The molecule has 0 radical (unpaired) electrons. The maximum atomic E-state index is 9.62. The Balaban J connectivity index is 1.54. The van der Waals surface area contributed by atoms with Gasteiger partial charge >= 0.3 is 0 Å². The van der Waals surface area contributed by atoms with Crippen LogP contribution >= 0.6 is 11.6 Å². The largest absolute Gasteiger partial charge is 0.490 e. The number of pyridine rings is 2. The number of hydrogen-bond acceptors (Lipinski definition) is 5. The van der Waals surface area contributed by atoms with Crippen molar-refractivity contribution >= 4 is 33.9 Å². The Bertz CT molecular complexity index is 893. The zero-order valence-electron chi connectivity index (χ0n) is 14.2. The second-order valence-electron chi connectivity index (χ2n) is 6.59. The molecule has 0 aliphatic heterocycles. The summed E-state index contributed by atoms with van der Waals surface area (Å²) in [7, 11) is 0. The first-order valence-corrected chi connectivity index (χ1v) is 9.17. The van der Waals surface area contributed by atoms with Crippen molar-refractivity contribution in [1.29, 1.82) is 0 Å². The maximum Gasteiger partial charge on any atom is 0.138 e. The highest BCUT2D eigenvalue weighted by atomic mass is 35.5. The predicted molar refractivity (Wildman–Crippen MR) is 103 cm³/mol. The highest BCUT2D eigenvalue weighted by Gasteiger charge is 2.20. The summed E-state index contributed by atoms with van der Waals surface area (Å²) < 4.78 is 6.11. The van der Waals surface area contributed by atoms with Gasteiger partial charge in [0.1, 0.15) is 16.7 Å². The van der Waals surface area contributed by atoms with Gasteiger partial charge in [0.15, 0.2) is 0 Å². The van der Waals surface area contributed by atoms with Gasteiger partial charge in [-0.15, -0.1) is 0 Å². The number of aliphatic hydroxyl groups is 1. The molecule has 2 N–H and O–H groups in total. The molecule has 0 amide bonds. The molecule has 0 saturated heterocycles. The van der Waals surface area contributed by atoms with Crippen molar-refractivity contribution in [2.75, 3.05) is 5.32 Å². The lowest BCUT2D eigenvalue weighted by molar-refractivity contribution is 0.0666. The molecule has 1 aliphatic carbocycles. The number of aromatic nitrogens is 2. The Morgan fingerprint density at radius 3 is 2.65 bits per heavy atom. The lowest BCUT2D eigenvalue weighted by atomic mass is 9.95. The van der Waals surface area contributed by atoms with Gasteiger partial charge in [0.05, 0.1) is 24.1 Å². The fraction of sp³-hybridized carbons (Fsp3) is 0.300. The smallest absolute Gasteiger partial charge is 0.138 e. The van der Waals surface area contributed by atoms with Crippen molar-refractivity contribution in [1.82, 2.24) is 9.97 Å². The van der Waals surface area contributed by atoms with E-state index in [9.17, 15) is 5.11 Å². The topological polar surface area (TPSA) is 67.3 Å². The Kier molecular flexibility index (Phi) is 4.91. The molecule has 26 heavy (non-hydrogen) atoms. The molecule has 0 bridgehead atoms. The van der Waals surface area contributed by atoms with Gasteiger partial charge in [-0.2, -0.15) is 0 Å². The molecule has 1 saturated carbocycles. The summed E-state index contributed by atoms with van der Waals surface area (Å²) in [6.45, 7) is 0. The normalized spacial score (nSPS) is 20.1. The van der Waals surface area contributed by atoms with Crippen molar-refractivity contribution < 1.29 is 9.84 Å². The van der Waals surface area contributed by atoms with Crippen molar-refractivity contribution in [2.45, 2.75) is 37.9 Å². The van der Waals surface area contributed by atoms with Gasteiger partial charge < -0.3 is 15.2 Å². The third-order valence-electron chi connectivity index (χ3n) is 4.67. The predicted octanol–water partition coefficient (Wildman–Crippen LogP) is 4.71. The van der Waals surface area contributed by atoms with Crippen molar-refractivity contribution in [2.24, 2.45) is 0 Å².